The molecule has 0 heterocycles. The van der Waals surface area contributed by atoms with Gasteiger partial charge in [0.05, 0.1) is 0 Å². The van der Waals surface area contributed by atoms with Gasteiger partial charge < -0.3 is 0 Å². The van der Waals surface area contributed by atoms with Crippen molar-refractivity contribution in [1.82, 2.24) is 0 Å². The van der Waals surface area contributed by atoms with Crippen LogP contribution in [0.3, 0.4) is 0 Å². The number of rotatable bonds is 0. The normalized spacial score (nSPS) is 4.40. The average Bonchev–Trinajstić information content (AvgIpc) is 0.918. The van der Waals surface area contributed by atoms with Gasteiger partial charge >= 0.3 is 147 Å². The molecule has 0 amide bonds. The summed E-state index contributed by atoms with van der Waals surface area (Å²) in [5, 5.41) is 0. The molecule has 0 aromatic heterocycles. The van der Waals surface area contributed by atoms with Gasteiger partial charge in [0.2, 0.25) is 0 Å². The van der Waals surface area contributed by atoms with Gasteiger partial charge in [0.1, 0.15) is 0 Å². The molecule has 0 unspecified atom stereocenters. The Balaban J connectivity index is -0.0000000200. The topological polar surface area (TPSA) is 0 Å². The fraction of sp³-hybridized carbons (Fsp3) is 0. The molecule has 0 atom stereocenters. The van der Waals surface area contributed by atoms with Crippen molar-refractivity contribution in [2.45, 2.75) is 0 Å². The molecule has 5 heavy (non-hydrogen) atoms. The van der Waals surface area contributed by atoms with Crippen LogP contribution in [0.4, 0.5) is 0 Å². The average molecular weight is 723 g/mol. The Morgan fingerprint density at radius 1 is 1.20 bits per heavy atom. The Bertz CT molecular complexity index is 6.85. The maximum atomic E-state index is 2.39. The van der Waals surface area contributed by atoms with E-state index in [9.17, 15) is 0 Å². The molecule has 0 rings (SSSR count). The molecular formula is H2CsI3Pb. The van der Waals surface area contributed by atoms with Crippen molar-refractivity contribution < 1.29 is 82.1 Å². The third-order valence-corrected chi connectivity index (χ3v) is 0. The number of hydrogen-bond donors (Lipinski definition) is 0. The molecule has 0 aliphatic rings. The van der Waals surface area contributed by atoms with Crippen LogP contribution in [-0.4, -0.2) is 27.3 Å². The molecule has 5 heteroatoms. The van der Waals surface area contributed by atoms with Crippen molar-refractivity contribution in [3.63, 3.8) is 0 Å². The molecule has 0 aromatic rings. The third kappa shape index (κ3) is 17.6. The molecular weight excluding hydrogens is 721 g/mol. The van der Waals surface area contributed by atoms with Crippen LogP contribution in [0.25, 0.3) is 0 Å². The van der Waals surface area contributed by atoms with Crippen LogP contribution in [0.5, 0.6) is 0 Å². The van der Waals surface area contributed by atoms with Crippen molar-refractivity contribution in [1.29, 1.82) is 0 Å². The summed E-state index contributed by atoms with van der Waals surface area (Å²) in [6.07, 6.45) is 0. The molecule has 0 fully saturated rings. The molecule has 0 nitrogen and oxygen atoms in total. The Labute approximate surface area is 141 Å². The van der Waals surface area contributed by atoms with E-state index in [-0.39, 0.29) is 96.2 Å². The van der Waals surface area contributed by atoms with E-state index in [1.165, 1.54) is 0 Å². The molecule has 0 aromatic carbocycles. The van der Waals surface area contributed by atoms with Gasteiger partial charge in [-0.05, 0) is 0 Å². The molecule has 0 N–H and O–H groups in total. The molecule has 0 saturated carbocycles. The van der Waals surface area contributed by atoms with Crippen LogP contribution < -0.4 is 82.1 Å². The van der Waals surface area contributed by atoms with E-state index >= 15 is 0 Å². The monoisotopic (exact) mass is 724 g/mol. The first-order valence-corrected chi connectivity index (χ1v) is 12.9. The molecule has 0 aliphatic carbocycles. The van der Waals surface area contributed by atoms with Gasteiger partial charge in [0.25, 0.3) is 0 Å². The summed E-state index contributed by atoms with van der Waals surface area (Å²) < 4.78 is 0. The van der Waals surface area contributed by atoms with Crippen molar-refractivity contribution >= 4 is 64.5 Å². The van der Waals surface area contributed by atoms with Gasteiger partial charge in [0.15, 0.2) is 0 Å². The van der Waals surface area contributed by atoms with E-state index in [0.29, 0.717) is 13.3 Å². The predicted octanol–water partition coefficient (Wildman–Crippen LogP) is -5.14. The molecule has 0 aliphatic heterocycles. The minimum absolute atomic E-state index is 0. The van der Waals surface area contributed by atoms with E-state index in [1.54, 1.807) is 0 Å². The molecule has 0 bridgehead atoms. The second kappa shape index (κ2) is 16.1. The van der Waals surface area contributed by atoms with Crippen LogP contribution in [-0.2, 0) is 0 Å². The summed E-state index contributed by atoms with van der Waals surface area (Å²) in [7, 11) is 0. The van der Waals surface area contributed by atoms with Gasteiger partial charge in [0, 0.05) is 0 Å². The number of halogens is 3. The summed E-state index contributed by atoms with van der Waals surface area (Å²) >= 11 is 5.30. The summed E-state index contributed by atoms with van der Waals surface area (Å²) in [6, 6.07) is 0. The zero-order chi connectivity index (χ0) is 2.71. The van der Waals surface area contributed by atoms with Crippen LogP contribution in [0, 0.1) is 0 Å². The molecule has 0 saturated heterocycles. The van der Waals surface area contributed by atoms with E-state index < -0.39 is 0 Å². The zero-order valence-corrected chi connectivity index (χ0v) is 21.1. The van der Waals surface area contributed by atoms with Crippen molar-refractivity contribution in [3.8, 4) is 0 Å². The van der Waals surface area contributed by atoms with Crippen molar-refractivity contribution in [2.75, 3.05) is 0 Å². The number of hydrogen-bond acceptors (Lipinski definition) is 0. The van der Waals surface area contributed by atoms with Crippen LogP contribution in [0.1, 0.15) is 0 Å². The van der Waals surface area contributed by atoms with Gasteiger partial charge in [-0.3, -0.25) is 0 Å². The molecule has 0 spiro atoms. The SMILES string of the molecule is I[I-]I.[Cs+].[PbH2]. The van der Waals surface area contributed by atoms with Crippen LogP contribution in [0.15, 0.2) is 0 Å². The molecule has 28 valence electrons. The Hall–Kier alpha value is 5.16. The third-order valence-electron chi connectivity index (χ3n) is 0. The van der Waals surface area contributed by atoms with E-state index in [1.807, 2.05) is 0 Å². The van der Waals surface area contributed by atoms with Gasteiger partial charge in [-0.2, -0.15) is 0 Å². The fourth-order valence-electron chi connectivity index (χ4n) is 0. The zero-order valence-electron chi connectivity index (χ0n) is 2.84. The summed E-state index contributed by atoms with van der Waals surface area (Å²) in [5.41, 5.74) is 0. The van der Waals surface area contributed by atoms with Gasteiger partial charge in [-0.15, -0.1) is 0 Å². The van der Waals surface area contributed by atoms with Crippen LogP contribution >= 0.6 is 37.2 Å². The van der Waals surface area contributed by atoms with E-state index in [4.69, 9.17) is 0 Å². The first kappa shape index (κ1) is 16.6. The summed E-state index contributed by atoms with van der Waals surface area (Å²) in [4.78, 5) is 0. The standard InChI is InChI=1S/Cs.I3.Pb.2H/c;1-3-2;;;/q+1;-1;;;. The van der Waals surface area contributed by atoms with E-state index in [0.717, 1.165) is 0 Å². The van der Waals surface area contributed by atoms with Crippen molar-refractivity contribution in [2.24, 2.45) is 0 Å². The van der Waals surface area contributed by atoms with E-state index in [2.05, 4.69) is 37.2 Å². The summed E-state index contributed by atoms with van der Waals surface area (Å²) in [5.74, 6) is 0. The fourth-order valence-corrected chi connectivity index (χ4v) is 0. The van der Waals surface area contributed by atoms with Crippen LogP contribution in [0.2, 0.25) is 0 Å². The van der Waals surface area contributed by atoms with Crippen molar-refractivity contribution in [3.05, 3.63) is 0 Å². The Morgan fingerprint density at radius 2 is 1.20 bits per heavy atom. The Kier molecular flexibility index (Phi) is 53.5. The van der Waals surface area contributed by atoms with Gasteiger partial charge in [-0.1, -0.05) is 0 Å². The molecule has 2 radical (unpaired) electrons. The first-order valence-electron chi connectivity index (χ1n) is 0.286. The predicted molar refractivity (Wildman–Crippen MR) is 36.6 cm³/mol. The van der Waals surface area contributed by atoms with Gasteiger partial charge in [-0.25, -0.2) is 0 Å². The second-order valence-electron chi connectivity index (χ2n) is 0.0540. The minimum atomic E-state index is 0. The first-order chi connectivity index (χ1) is 1.41. The second-order valence-corrected chi connectivity index (χ2v) is 16.3. The summed E-state index contributed by atoms with van der Waals surface area (Å²) in [6.45, 7) is 0. The Morgan fingerprint density at radius 3 is 1.20 bits per heavy atom. The quantitative estimate of drug-likeness (QED) is 0.174. The maximum absolute atomic E-state index is 2.39.